The number of aliphatic hydroxyl groups is 1. The van der Waals surface area contributed by atoms with Crippen molar-refractivity contribution in [2.24, 2.45) is 0 Å². The normalized spacial score (nSPS) is 14.0. The van der Waals surface area contributed by atoms with E-state index in [2.05, 4.69) is 0 Å². The van der Waals surface area contributed by atoms with Gasteiger partial charge in [-0.15, -0.1) is 0 Å². The van der Waals surface area contributed by atoms with Crippen LogP contribution in [0.5, 0.6) is 11.5 Å². The summed E-state index contributed by atoms with van der Waals surface area (Å²) < 4.78 is 10.8. The Morgan fingerprint density at radius 1 is 0.967 bits per heavy atom. The quantitative estimate of drug-likeness (QED) is 0.674. The molecule has 0 bridgehead atoms. The molecule has 0 saturated heterocycles. The fourth-order valence-corrected chi connectivity index (χ4v) is 3.33. The van der Waals surface area contributed by atoms with E-state index in [4.69, 9.17) is 9.47 Å². The van der Waals surface area contributed by atoms with E-state index >= 15 is 0 Å². The molecule has 0 radical (unpaired) electrons. The van der Waals surface area contributed by atoms with Crippen molar-refractivity contribution >= 4 is 23.1 Å². The first-order valence-electron chi connectivity index (χ1n) is 9.73. The van der Waals surface area contributed by atoms with Gasteiger partial charge < -0.3 is 19.5 Å². The lowest BCUT2D eigenvalue weighted by molar-refractivity contribution is -0.120. The zero-order chi connectivity index (χ0) is 21.8. The van der Waals surface area contributed by atoms with E-state index in [1.54, 1.807) is 67.6 Å². The van der Waals surface area contributed by atoms with Crippen molar-refractivity contribution < 1.29 is 24.2 Å². The van der Waals surface area contributed by atoms with E-state index in [9.17, 15) is 14.7 Å². The number of ether oxygens (including phenoxy) is 2. The van der Waals surface area contributed by atoms with Crippen molar-refractivity contribution in [2.45, 2.75) is 20.0 Å². The summed E-state index contributed by atoms with van der Waals surface area (Å²) >= 11 is 0. The van der Waals surface area contributed by atoms with Crippen LogP contribution < -0.4 is 14.4 Å². The van der Waals surface area contributed by atoms with Crippen molar-refractivity contribution in [2.75, 3.05) is 32.2 Å². The minimum Gasteiger partial charge on any atom is -0.497 e. The number of aliphatic hydroxyl groups excluding tert-OH is 1. The number of benzene rings is 2. The van der Waals surface area contributed by atoms with Gasteiger partial charge in [0, 0.05) is 13.6 Å². The smallest absolute Gasteiger partial charge is 0.282 e. The first kappa shape index (κ1) is 21.4. The second-order valence-corrected chi connectivity index (χ2v) is 7.20. The number of hydrogen-bond acceptors (Lipinski definition) is 6. The number of likely N-dealkylation sites (N-methyl/N-ethyl adjacent to an activating group) is 1. The van der Waals surface area contributed by atoms with E-state index in [-0.39, 0.29) is 25.0 Å². The second-order valence-electron chi connectivity index (χ2n) is 7.20. The number of carbonyl (C=O) groups is 2. The molecule has 158 valence electrons. The molecule has 0 fully saturated rings. The molecule has 30 heavy (non-hydrogen) atoms. The Balaban J connectivity index is 2.01. The Bertz CT molecular complexity index is 949. The molecular formula is C23H26N2O5. The van der Waals surface area contributed by atoms with E-state index in [0.29, 0.717) is 28.3 Å². The molecule has 0 unspecified atom stereocenters. The van der Waals surface area contributed by atoms with Crippen LogP contribution in [0.2, 0.25) is 0 Å². The van der Waals surface area contributed by atoms with Crippen LogP contribution in [0.4, 0.5) is 5.69 Å². The molecule has 0 aromatic heterocycles. The lowest BCUT2D eigenvalue weighted by Gasteiger charge is -2.20. The number of amides is 2. The van der Waals surface area contributed by atoms with Crippen molar-refractivity contribution in [3.8, 4) is 11.5 Å². The Labute approximate surface area is 176 Å². The van der Waals surface area contributed by atoms with Crippen molar-refractivity contribution in [3.05, 3.63) is 59.8 Å². The molecule has 7 nitrogen and oxygen atoms in total. The molecule has 1 aliphatic rings. The zero-order valence-electron chi connectivity index (χ0n) is 17.6. The maximum atomic E-state index is 13.3. The summed E-state index contributed by atoms with van der Waals surface area (Å²) in [6.45, 7) is 3.94. The molecule has 0 aliphatic carbocycles. The van der Waals surface area contributed by atoms with E-state index in [0.717, 1.165) is 4.90 Å². The summed E-state index contributed by atoms with van der Waals surface area (Å²) in [6.07, 6.45) is 0.0213. The highest BCUT2D eigenvalue weighted by molar-refractivity contribution is 6.45. The third-order valence-corrected chi connectivity index (χ3v) is 4.72. The number of nitrogens with zero attached hydrogens (tertiary/aromatic N) is 2. The van der Waals surface area contributed by atoms with E-state index in [1.807, 2.05) is 13.8 Å². The topological polar surface area (TPSA) is 79.3 Å². The highest BCUT2D eigenvalue weighted by Crippen LogP contribution is 2.35. The Hall–Kier alpha value is -3.32. The number of rotatable bonds is 8. The van der Waals surface area contributed by atoms with Crippen molar-refractivity contribution in [1.82, 2.24) is 4.90 Å². The molecule has 3 rings (SSSR count). The number of carbonyl (C=O) groups excluding carboxylic acids is 2. The maximum absolute atomic E-state index is 13.3. The Morgan fingerprint density at radius 3 is 2.10 bits per heavy atom. The van der Waals surface area contributed by atoms with Gasteiger partial charge in [-0.1, -0.05) is 12.1 Å². The van der Waals surface area contributed by atoms with E-state index < -0.39 is 11.8 Å². The Morgan fingerprint density at radius 2 is 1.57 bits per heavy atom. The molecular weight excluding hydrogens is 384 g/mol. The monoisotopic (exact) mass is 410 g/mol. The molecule has 0 atom stereocenters. The predicted octanol–water partition coefficient (Wildman–Crippen LogP) is 2.69. The van der Waals surface area contributed by atoms with Gasteiger partial charge in [0.2, 0.25) is 0 Å². The lowest BCUT2D eigenvalue weighted by Crippen LogP contribution is -2.34. The van der Waals surface area contributed by atoms with Gasteiger partial charge in [-0.3, -0.25) is 9.59 Å². The summed E-state index contributed by atoms with van der Waals surface area (Å²) in [5.41, 5.74) is 1.61. The molecule has 2 aromatic rings. The summed E-state index contributed by atoms with van der Waals surface area (Å²) in [7, 11) is 3.25. The van der Waals surface area contributed by atoms with Gasteiger partial charge in [-0.25, -0.2) is 4.90 Å². The highest BCUT2D eigenvalue weighted by Gasteiger charge is 2.41. The van der Waals surface area contributed by atoms with Crippen LogP contribution in [-0.4, -0.2) is 55.2 Å². The first-order chi connectivity index (χ1) is 14.4. The zero-order valence-corrected chi connectivity index (χ0v) is 17.6. The van der Waals surface area contributed by atoms with Crippen LogP contribution in [0.1, 0.15) is 19.4 Å². The minimum absolute atomic E-state index is 0.0213. The number of methoxy groups -OCH3 is 1. The Kier molecular flexibility index (Phi) is 6.42. The van der Waals surface area contributed by atoms with Gasteiger partial charge in [0.1, 0.15) is 17.2 Å². The van der Waals surface area contributed by atoms with Crippen LogP contribution in [-0.2, 0) is 9.59 Å². The fourth-order valence-electron chi connectivity index (χ4n) is 3.33. The SMILES string of the molecule is COc1ccc(C2=C(N(C)CCO)C(=O)N(c3ccc(OC(C)C)cc3)C2=O)cc1. The maximum Gasteiger partial charge on any atom is 0.282 e. The van der Waals surface area contributed by atoms with Crippen LogP contribution in [0, 0.1) is 0 Å². The summed E-state index contributed by atoms with van der Waals surface area (Å²) in [4.78, 5) is 29.4. The van der Waals surface area contributed by atoms with Crippen molar-refractivity contribution in [3.63, 3.8) is 0 Å². The number of anilines is 1. The molecule has 1 aliphatic heterocycles. The average Bonchev–Trinajstić information content (AvgIpc) is 2.99. The average molecular weight is 410 g/mol. The predicted molar refractivity (Wildman–Crippen MR) is 114 cm³/mol. The fraction of sp³-hybridized carbons (Fsp3) is 0.304. The first-order valence-corrected chi connectivity index (χ1v) is 9.73. The third kappa shape index (κ3) is 4.16. The minimum atomic E-state index is -0.431. The molecule has 2 amide bonds. The van der Waals surface area contributed by atoms with Crippen LogP contribution in [0.3, 0.4) is 0 Å². The largest absolute Gasteiger partial charge is 0.497 e. The summed E-state index contributed by atoms with van der Waals surface area (Å²) in [6, 6.07) is 13.8. The number of hydrogen-bond donors (Lipinski definition) is 1. The van der Waals surface area contributed by atoms with Crippen LogP contribution in [0.25, 0.3) is 5.57 Å². The molecule has 7 heteroatoms. The second kappa shape index (κ2) is 9.00. The summed E-state index contributed by atoms with van der Waals surface area (Å²) in [5.74, 6) is 0.467. The van der Waals surface area contributed by atoms with Crippen LogP contribution in [0.15, 0.2) is 54.2 Å². The molecule has 0 spiro atoms. The van der Waals surface area contributed by atoms with Gasteiger partial charge in [-0.2, -0.15) is 0 Å². The van der Waals surface area contributed by atoms with Crippen LogP contribution >= 0.6 is 0 Å². The lowest BCUT2D eigenvalue weighted by atomic mass is 10.0. The van der Waals surface area contributed by atoms with Gasteiger partial charge in [0.25, 0.3) is 11.8 Å². The standard InChI is InChI=1S/C23H26N2O5/c1-15(2)30-19-11-7-17(8-12-19)25-22(27)20(16-5-9-18(29-4)10-6-16)21(23(25)28)24(3)13-14-26/h5-12,15,26H,13-14H2,1-4H3. The van der Waals surface area contributed by atoms with E-state index in [1.165, 1.54) is 0 Å². The third-order valence-electron chi connectivity index (χ3n) is 4.72. The molecule has 1 N–H and O–H groups in total. The molecule has 0 saturated carbocycles. The van der Waals surface area contributed by atoms with Gasteiger partial charge in [0.15, 0.2) is 0 Å². The van der Waals surface area contributed by atoms with Gasteiger partial charge in [-0.05, 0) is 55.8 Å². The summed E-state index contributed by atoms with van der Waals surface area (Å²) in [5, 5.41) is 9.36. The van der Waals surface area contributed by atoms with Gasteiger partial charge in [0.05, 0.1) is 31.1 Å². The molecule has 2 aromatic carbocycles. The highest BCUT2D eigenvalue weighted by atomic mass is 16.5. The molecule has 1 heterocycles. The van der Waals surface area contributed by atoms with Gasteiger partial charge >= 0.3 is 0 Å². The van der Waals surface area contributed by atoms with Crippen molar-refractivity contribution in [1.29, 1.82) is 0 Å². The number of imide groups is 1.